The van der Waals surface area contributed by atoms with Gasteiger partial charge in [0, 0.05) is 16.6 Å². The molecule has 3 aromatic rings. The van der Waals surface area contributed by atoms with Crippen molar-refractivity contribution in [1.82, 2.24) is 19.7 Å². The van der Waals surface area contributed by atoms with Crippen molar-refractivity contribution in [3.8, 4) is 11.4 Å². The van der Waals surface area contributed by atoms with E-state index in [0.29, 0.717) is 23.8 Å². The Kier molecular flexibility index (Phi) is 5.23. The van der Waals surface area contributed by atoms with Crippen molar-refractivity contribution < 1.29 is 4.39 Å². The molecule has 1 heterocycles. The van der Waals surface area contributed by atoms with E-state index in [0.717, 1.165) is 15.6 Å². The van der Waals surface area contributed by atoms with E-state index in [1.54, 1.807) is 10.7 Å². The van der Waals surface area contributed by atoms with E-state index in [1.807, 2.05) is 42.3 Å². The van der Waals surface area contributed by atoms with E-state index in [4.69, 9.17) is 12.2 Å². The van der Waals surface area contributed by atoms with Crippen molar-refractivity contribution in [2.45, 2.75) is 13.2 Å². The molecule has 4 nitrogen and oxygen atoms in total. The molecular weight excluding hydrogens is 391 g/mol. The van der Waals surface area contributed by atoms with Crippen molar-refractivity contribution in [2.75, 3.05) is 7.05 Å². The first-order valence-corrected chi connectivity index (χ1v) is 8.58. The van der Waals surface area contributed by atoms with Gasteiger partial charge in [0.2, 0.25) is 4.77 Å². The Morgan fingerprint density at radius 1 is 1.25 bits per heavy atom. The minimum atomic E-state index is -0.227. The summed E-state index contributed by atoms with van der Waals surface area (Å²) in [7, 11) is 1.95. The van der Waals surface area contributed by atoms with Gasteiger partial charge in [-0.1, -0.05) is 46.3 Å². The van der Waals surface area contributed by atoms with Gasteiger partial charge in [-0.3, -0.25) is 10.00 Å². The Balaban J connectivity index is 1.76. The molecule has 1 aromatic heterocycles. The quantitative estimate of drug-likeness (QED) is 0.629. The minimum Gasteiger partial charge on any atom is -0.283 e. The molecule has 7 heteroatoms. The molecule has 0 unspecified atom stereocenters. The van der Waals surface area contributed by atoms with Gasteiger partial charge in [0.05, 0.1) is 6.67 Å². The first-order chi connectivity index (χ1) is 11.5. The van der Waals surface area contributed by atoms with Crippen LogP contribution in [0.25, 0.3) is 11.4 Å². The number of rotatable bonds is 5. The molecule has 2 aromatic carbocycles. The fraction of sp³-hybridized carbons (Fsp3) is 0.176. The Morgan fingerprint density at radius 3 is 2.79 bits per heavy atom. The lowest BCUT2D eigenvalue weighted by atomic mass is 10.2. The summed E-state index contributed by atoms with van der Waals surface area (Å²) in [6.07, 6.45) is 0. The number of halogens is 2. The molecule has 0 spiro atoms. The second-order valence-electron chi connectivity index (χ2n) is 5.55. The molecule has 0 saturated carbocycles. The second-order valence-corrected chi connectivity index (χ2v) is 6.77. The normalized spacial score (nSPS) is 11.2. The van der Waals surface area contributed by atoms with Crippen LogP contribution in [0.3, 0.4) is 0 Å². The van der Waals surface area contributed by atoms with Gasteiger partial charge in [-0.25, -0.2) is 9.07 Å². The molecular formula is C17H16BrFN4S. The number of aromatic amines is 1. The smallest absolute Gasteiger partial charge is 0.217 e. The van der Waals surface area contributed by atoms with Crippen molar-refractivity contribution >= 4 is 28.1 Å². The van der Waals surface area contributed by atoms with Crippen LogP contribution in [-0.4, -0.2) is 26.7 Å². The van der Waals surface area contributed by atoms with Crippen LogP contribution < -0.4 is 0 Å². The van der Waals surface area contributed by atoms with Gasteiger partial charge < -0.3 is 0 Å². The first kappa shape index (κ1) is 17.0. The van der Waals surface area contributed by atoms with E-state index in [9.17, 15) is 4.39 Å². The summed E-state index contributed by atoms with van der Waals surface area (Å²) < 4.78 is 16.5. The maximum Gasteiger partial charge on any atom is 0.217 e. The van der Waals surface area contributed by atoms with E-state index < -0.39 is 0 Å². The van der Waals surface area contributed by atoms with E-state index in [2.05, 4.69) is 26.0 Å². The highest BCUT2D eigenvalue weighted by Gasteiger charge is 2.10. The first-order valence-electron chi connectivity index (χ1n) is 7.37. The lowest BCUT2D eigenvalue weighted by Gasteiger charge is -2.17. The zero-order valence-electron chi connectivity index (χ0n) is 13.0. The average molecular weight is 407 g/mol. The maximum atomic E-state index is 13.3. The number of hydrogen-bond donors (Lipinski definition) is 1. The summed E-state index contributed by atoms with van der Waals surface area (Å²) in [5.74, 6) is 0.488. The van der Waals surface area contributed by atoms with Crippen molar-refractivity contribution in [3.63, 3.8) is 0 Å². The predicted molar refractivity (Wildman–Crippen MR) is 98.4 cm³/mol. The SMILES string of the molecule is CN(Cc1cccc(F)c1)Cn1[nH]c(-c2ccccc2Br)nc1=S. The third-order valence-electron chi connectivity index (χ3n) is 3.53. The van der Waals surface area contributed by atoms with Crippen LogP contribution in [0.15, 0.2) is 53.0 Å². The largest absolute Gasteiger partial charge is 0.283 e. The third-order valence-corrected chi connectivity index (χ3v) is 4.54. The molecule has 0 atom stereocenters. The van der Waals surface area contributed by atoms with E-state index in [-0.39, 0.29) is 5.82 Å². The monoisotopic (exact) mass is 406 g/mol. The number of nitrogens with one attached hydrogen (secondary N) is 1. The van der Waals surface area contributed by atoms with Crippen LogP contribution in [0.1, 0.15) is 5.56 Å². The number of aromatic nitrogens is 3. The molecule has 24 heavy (non-hydrogen) atoms. The summed E-state index contributed by atoms with van der Waals surface area (Å²) in [5, 5.41) is 3.22. The van der Waals surface area contributed by atoms with Crippen molar-refractivity contribution in [2.24, 2.45) is 0 Å². The van der Waals surface area contributed by atoms with Gasteiger partial charge in [0.15, 0.2) is 5.82 Å². The zero-order chi connectivity index (χ0) is 17.1. The van der Waals surface area contributed by atoms with Gasteiger partial charge in [-0.2, -0.15) is 4.98 Å². The van der Waals surface area contributed by atoms with Crippen molar-refractivity contribution in [1.29, 1.82) is 0 Å². The number of hydrogen-bond acceptors (Lipinski definition) is 3. The predicted octanol–water partition coefficient (Wildman–Crippen LogP) is 4.60. The van der Waals surface area contributed by atoms with Crippen LogP contribution in [0.2, 0.25) is 0 Å². The van der Waals surface area contributed by atoms with Crippen LogP contribution in [0.5, 0.6) is 0 Å². The Bertz CT molecular complexity index is 905. The van der Waals surface area contributed by atoms with Gasteiger partial charge in [0.1, 0.15) is 5.82 Å². The van der Waals surface area contributed by atoms with Gasteiger partial charge in [-0.15, -0.1) is 0 Å². The van der Waals surface area contributed by atoms with Gasteiger partial charge >= 0.3 is 0 Å². The molecule has 0 saturated heterocycles. The molecule has 0 aliphatic carbocycles. The van der Waals surface area contributed by atoms with E-state index in [1.165, 1.54) is 12.1 Å². The van der Waals surface area contributed by atoms with Crippen molar-refractivity contribution in [3.05, 3.63) is 69.2 Å². The molecule has 1 N–H and O–H groups in total. The summed E-state index contributed by atoms with van der Waals surface area (Å²) in [5.41, 5.74) is 1.87. The highest BCUT2D eigenvalue weighted by molar-refractivity contribution is 9.10. The van der Waals surface area contributed by atoms with Crippen LogP contribution >= 0.6 is 28.1 Å². The highest BCUT2D eigenvalue weighted by atomic mass is 79.9. The highest BCUT2D eigenvalue weighted by Crippen LogP contribution is 2.24. The zero-order valence-corrected chi connectivity index (χ0v) is 15.4. The van der Waals surface area contributed by atoms with Crippen LogP contribution in [0.4, 0.5) is 4.39 Å². The molecule has 3 rings (SSSR count). The minimum absolute atomic E-state index is 0.227. The van der Waals surface area contributed by atoms with Gasteiger partial charge in [0.25, 0.3) is 0 Å². The third kappa shape index (κ3) is 3.98. The number of H-pyrrole nitrogens is 1. The topological polar surface area (TPSA) is 36.9 Å². The fourth-order valence-electron chi connectivity index (χ4n) is 2.46. The van der Waals surface area contributed by atoms with Crippen LogP contribution in [0, 0.1) is 10.6 Å². The fourth-order valence-corrected chi connectivity index (χ4v) is 3.13. The molecule has 0 bridgehead atoms. The lowest BCUT2D eigenvalue weighted by Crippen LogP contribution is -2.22. The second kappa shape index (κ2) is 7.38. The molecule has 0 amide bonds. The Hall–Kier alpha value is -1.83. The number of nitrogens with zero attached hydrogens (tertiary/aromatic N) is 3. The Labute approximate surface area is 153 Å². The molecule has 0 aliphatic heterocycles. The standard InChI is InChI=1S/C17H16BrFN4S/c1-22(10-12-5-4-6-13(19)9-12)11-23-17(24)20-16(21-23)14-7-2-3-8-15(14)18/h2-9H,10-11H2,1H3,(H,20,21,24). The summed E-state index contributed by atoms with van der Waals surface area (Å²) in [4.78, 5) is 6.46. The molecule has 0 radical (unpaired) electrons. The average Bonchev–Trinajstić information content (AvgIpc) is 2.88. The van der Waals surface area contributed by atoms with Gasteiger partial charge in [-0.05, 0) is 43.0 Å². The molecule has 0 fully saturated rings. The summed E-state index contributed by atoms with van der Waals surface area (Å²) in [6, 6.07) is 14.4. The Morgan fingerprint density at radius 2 is 2.04 bits per heavy atom. The molecule has 0 aliphatic rings. The lowest BCUT2D eigenvalue weighted by molar-refractivity contribution is 0.244. The number of benzene rings is 2. The van der Waals surface area contributed by atoms with E-state index >= 15 is 0 Å². The maximum absolute atomic E-state index is 13.3. The summed E-state index contributed by atoms with van der Waals surface area (Å²) >= 11 is 8.86. The molecule has 124 valence electrons. The van der Waals surface area contributed by atoms with Crippen LogP contribution in [-0.2, 0) is 13.2 Å². The summed E-state index contributed by atoms with van der Waals surface area (Å²) in [6.45, 7) is 1.15.